The number of aryl methyl sites for hydroxylation is 2. The fourth-order valence-corrected chi connectivity index (χ4v) is 2.11. The first-order valence-corrected chi connectivity index (χ1v) is 6.47. The maximum Gasteiger partial charge on any atom is 0.303 e. The van der Waals surface area contributed by atoms with Crippen LogP contribution in [0.3, 0.4) is 0 Å². The summed E-state index contributed by atoms with van der Waals surface area (Å²) in [5.41, 5.74) is 2.78. The van der Waals surface area contributed by atoms with Gasteiger partial charge in [0.2, 0.25) is 0 Å². The molecular weight excluding hydrogens is 272 g/mol. The van der Waals surface area contributed by atoms with E-state index in [-0.39, 0.29) is 12.8 Å². The number of nitrogens with zero attached hydrogens (tertiary/aromatic N) is 6. The predicted octanol–water partition coefficient (Wildman–Crippen LogP) is 0.850. The first-order valence-electron chi connectivity index (χ1n) is 6.47. The lowest BCUT2D eigenvalue weighted by Crippen LogP contribution is -2.00. The number of aliphatic carboxylic acids is 1. The van der Waals surface area contributed by atoms with Gasteiger partial charge in [-0.1, -0.05) is 0 Å². The lowest BCUT2D eigenvalue weighted by atomic mass is 10.2. The second-order valence-electron chi connectivity index (χ2n) is 4.73. The molecule has 1 N–H and O–H groups in total. The molecule has 0 fully saturated rings. The zero-order chi connectivity index (χ0) is 15.0. The molecule has 0 aromatic carbocycles. The van der Waals surface area contributed by atoms with Crippen LogP contribution in [0.25, 0.3) is 17.0 Å². The van der Waals surface area contributed by atoms with Crippen molar-refractivity contribution in [1.29, 1.82) is 0 Å². The van der Waals surface area contributed by atoms with Gasteiger partial charge >= 0.3 is 5.97 Å². The predicted molar refractivity (Wildman–Crippen MR) is 73.7 cm³/mol. The van der Waals surface area contributed by atoms with Crippen LogP contribution < -0.4 is 0 Å². The van der Waals surface area contributed by atoms with Crippen LogP contribution in [0.2, 0.25) is 0 Å². The van der Waals surface area contributed by atoms with E-state index in [2.05, 4.69) is 20.2 Å². The third-order valence-electron chi connectivity index (χ3n) is 3.36. The Morgan fingerprint density at radius 1 is 1.43 bits per heavy atom. The smallest absolute Gasteiger partial charge is 0.303 e. The molecule has 8 nitrogen and oxygen atoms in total. The van der Waals surface area contributed by atoms with Crippen molar-refractivity contribution in [3.63, 3.8) is 0 Å². The first-order chi connectivity index (χ1) is 10.1. The van der Waals surface area contributed by atoms with Gasteiger partial charge in [-0.25, -0.2) is 4.98 Å². The molecule has 0 atom stereocenters. The average molecular weight is 286 g/mol. The molecule has 0 aliphatic rings. The fourth-order valence-electron chi connectivity index (χ4n) is 2.11. The van der Waals surface area contributed by atoms with Gasteiger partial charge < -0.3 is 5.11 Å². The molecule has 3 rings (SSSR count). The summed E-state index contributed by atoms with van der Waals surface area (Å²) in [5, 5.41) is 17.3. The number of rotatable bonds is 4. The zero-order valence-electron chi connectivity index (χ0n) is 11.7. The van der Waals surface area contributed by atoms with Crippen LogP contribution in [0.4, 0.5) is 0 Å². The van der Waals surface area contributed by atoms with E-state index in [9.17, 15) is 4.79 Å². The van der Waals surface area contributed by atoms with E-state index in [0.29, 0.717) is 11.6 Å². The Labute approximate surface area is 120 Å². The molecule has 3 heterocycles. The summed E-state index contributed by atoms with van der Waals surface area (Å²) >= 11 is 0. The van der Waals surface area contributed by atoms with Crippen LogP contribution >= 0.6 is 0 Å². The van der Waals surface area contributed by atoms with Gasteiger partial charge in [0, 0.05) is 30.9 Å². The highest BCUT2D eigenvalue weighted by atomic mass is 16.4. The third-order valence-corrected chi connectivity index (χ3v) is 3.36. The highest BCUT2D eigenvalue weighted by Crippen LogP contribution is 2.22. The van der Waals surface area contributed by atoms with E-state index in [1.807, 2.05) is 20.0 Å². The Balaban J connectivity index is 2.07. The number of carboxylic acids is 1. The SMILES string of the molecule is Cc1c(-c2ccnc3nc(CCC(=O)O)nn23)cnn1C. The molecule has 0 unspecified atom stereocenters. The Hall–Kier alpha value is -2.77. The summed E-state index contributed by atoms with van der Waals surface area (Å²) in [5.74, 6) is 0.0557. The van der Waals surface area contributed by atoms with E-state index in [1.54, 1.807) is 21.6 Å². The summed E-state index contributed by atoms with van der Waals surface area (Å²) in [6.07, 6.45) is 3.71. The largest absolute Gasteiger partial charge is 0.481 e. The van der Waals surface area contributed by atoms with E-state index in [1.165, 1.54) is 0 Å². The van der Waals surface area contributed by atoms with Crippen molar-refractivity contribution in [3.05, 3.63) is 30.0 Å². The molecule has 0 radical (unpaired) electrons. The van der Waals surface area contributed by atoms with E-state index in [0.717, 1.165) is 17.0 Å². The van der Waals surface area contributed by atoms with Gasteiger partial charge in [-0.3, -0.25) is 9.48 Å². The summed E-state index contributed by atoms with van der Waals surface area (Å²) in [6.45, 7) is 1.97. The van der Waals surface area contributed by atoms with Gasteiger partial charge in [0.25, 0.3) is 5.78 Å². The minimum absolute atomic E-state index is 0.00185. The van der Waals surface area contributed by atoms with Crippen molar-refractivity contribution in [2.45, 2.75) is 19.8 Å². The fraction of sp³-hybridized carbons (Fsp3) is 0.308. The molecule has 21 heavy (non-hydrogen) atoms. The van der Waals surface area contributed by atoms with Crippen molar-refractivity contribution < 1.29 is 9.90 Å². The Kier molecular flexibility index (Phi) is 3.13. The van der Waals surface area contributed by atoms with E-state index >= 15 is 0 Å². The number of aromatic nitrogens is 6. The highest BCUT2D eigenvalue weighted by Gasteiger charge is 2.14. The monoisotopic (exact) mass is 286 g/mol. The molecule has 0 aliphatic carbocycles. The van der Waals surface area contributed by atoms with Gasteiger partial charge in [-0.05, 0) is 13.0 Å². The van der Waals surface area contributed by atoms with Crippen molar-refractivity contribution in [1.82, 2.24) is 29.4 Å². The molecular formula is C13H14N6O2. The topological polar surface area (TPSA) is 98.2 Å². The van der Waals surface area contributed by atoms with Crippen molar-refractivity contribution in [3.8, 4) is 11.3 Å². The molecule has 0 saturated carbocycles. The van der Waals surface area contributed by atoms with Gasteiger partial charge in [0.05, 0.1) is 18.3 Å². The summed E-state index contributed by atoms with van der Waals surface area (Å²) in [4.78, 5) is 19.1. The van der Waals surface area contributed by atoms with Crippen molar-refractivity contribution in [2.75, 3.05) is 0 Å². The quantitative estimate of drug-likeness (QED) is 0.763. The minimum atomic E-state index is -0.870. The first kappa shape index (κ1) is 13.2. The molecule has 3 aromatic heterocycles. The Morgan fingerprint density at radius 2 is 2.24 bits per heavy atom. The lowest BCUT2D eigenvalue weighted by Gasteiger charge is -2.02. The summed E-state index contributed by atoms with van der Waals surface area (Å²) in [6, 6.07) is 1.84. The Morgan fingerprint density at radius 3 is 2.90 bits per heavy atom. The lowest BCUT2D eigenvalue weighted by molar-refractivity contribution is -0.137. The van der Waals surface area contributed by atoms with Crippen LogP contribution in [0.5, 0.6) is 0 Å². The van der Waals surface area contributed by atoms with Crippen LogP contribution in [-0.4, -0.2) is 40.4 Å². The van der Waals surface area contributed by atoms with Gasteiger partial charge in [0.1, 0.15) is 0 Å². The van der Waals surface area contributed by atoms with Crippen molar-refractivity contribution >= 4 is 11.7 Å². The third kappa shape index (κ3) is 2.35. The van der Waals surface area contributed by atoms with Crippen LogP contribution in [-0.2, 0) is 18.3 Å². The average Bonchev–Trinajstić information content (AvgIpc) is 3.01. The maximum absolute atomic E-state index is 10.6. The molecule has 0 spiro atoms. The van der Waals surface area contributed by atoms with Crippen molar-refractivity contribution in [2.24, 2.45) is 7.05 Å². The van der Waals surface area contributed by atoms with Crippen LogP contribution in [0.15, 0.2) is 18.5 Å². The standard InChI is InChI=1S/C13H14N6O2/c1-8-9(7-15-18(8)2)10-5-6-14-13-16-11(17-19(10)13)3-4-12(20)21/h5-7H,3-4H2,1-2H3,(H,20,21). The number of hydrogen-bond donors (Lipinski definition) is 1. The number of fused-ring (bicyclic) bond motifs is 1. The maximum atomic E-state index is 10.6. The van der Waals surface area contributed by atoms with E-state index in [4.69, 9.17) is 5.11 Å². The van der Waals surface area contributed by atoms with Crippen LogP contribution in [0, 0.1) is 6.92 Å². The Bertz CT molecular complexity index is 819. The van der Waals surface area contributed by atoms with Gasteiger partial charge in [-0.2, -0.15) is 14.6 Å². The molecule has 3 aromatic rings. The summed E-state index contributed by atoms with van der Waals surface area (Å²) < 4.78 is 3.41. The number of carbonyl (C=O) groups is 1. The number of hydrogen-bond acceptors (Lipinski definition) is 5. The molecule has 0 saturated heterocycles. The second-order valence-corrected chi connectivity index (χ2v) is 4.73. The minimum Gasteiger partial charge on any atom is -0.481 e. The molecule has 0 aliphatic heterocycles. The highest BCUT2D eigenvalue weighted by molar-refractivity contribution is 5.67. The number of carboxylic acid groups (broad SMARTS) is 1. The molecule has 0 amide bonds. The van der Waals surface area contributed by atoms with Gasteiger partial charge in [-0.15, -0.1) is 5.10 Å². The zero-order valence-corrected chi connectivity index (χ0v) is 11.7. The second kappa shape index (κ2) is 4.97. The summed E-state index contributed by atoms with van der Waals surface area (Å²) in [7, 11) is 1.87. The molecule has 8 heteroatoms. The van der Waals surface area contributed by atoms with Crippen LogP contribution in [0.1, 0.15) is 17.9 Å². The normalized spacial score (nSPS) is 11.1. The van der Waals surface area contributed by atoms with E-state index < -0.39 is 5.97 Å². The molecule has 0 bridgehead atoms. The van der Waals surface area contributed by atoms with Gasteiger partial charge in [0.15, 0.2) is 5.82 Å². The molecule has 108 valence electrons.